The zero-order chi connectivity index (χ0) is 20.0. The summed E-state index contributed by atoms with van der Waals surface area (Å²) in [7, 11) is 0. The molecule has 0 radical (unpaired) electrons. The van der Waals surface area contributed by atoms with Crippen LogP contribution in [0.5, 0.6) is 5.75 Å². The smallest absolute Gasteiger partial charge is 0.406 e. The molecule has 0 spiro atoms. The van der Waals surface area contributed by atoms with Gasteiger partial charge in [-0.15, -0.1) is 13.2 Å². The SMILES string of the molecule is O=C(C[NH+]1CC[NH+](CC2CCCCC2)CC1)Nc1ccc(OC(F)(F)F)cc1. The van der Waals surface area contributed by atoms with Gasteiger partial charge in [0.2, 0.25) is 0 Å². The highest BCUT2D eigenvalue weighted by Gasteiger charge is 2.31. The third-order valence-electron chi connectivity index (χ3n) is 5.75. The summed E-state index contributed by atoms with van der Waals surface area (Å²) in [5.74, 6) is 0.460. The van der Waals surface area contributed by atoms with Crippen LogP contribution in [-0.2, 0) is 4.79 Å². The van der Waals surface area contributed by atoms with Gasteiger partial charge in [-0.05, 0) is 37.1 Å². The fourth-order valence-corrected chi connectivity index (χ4v) is 4.31. The first-order valence-corrected chi connectivity index (χ1v) is 10.2. The van der Waals surface area contributed by atoms with Crippen molar-refractivity contribution in [2.24, 2.45) is 5.92 Å². The lowest BCUT2D eigenvalue weighted by Gasteiger charge is -2.32. The molecule has 1 amide bonds. The van der Waals surface area contributed by atoms with Crippen LogP contribution in [0.25, 0.3) is 0 Å². The molecular weight excluding hydrogens is 371 g/mol. The second kappa shape index (κ2) is 9.60. The number of carbonyl (C=O) groups is 1. The van der Waals surface area contributed by atoms with E-state index in [1.54, 1.807) is 4.90 Å². The van der Waals surface area contributed by atoms with Gasteiger partial charge >= 0.3 is 6.36 Å². The van der Waals surface area contributed by atoms with Crippen LogP contribution in [0.4, 0.5) is 18.9 Å². The van der Waals surface area contributed by atoms with Crippen LogP contribution in [0.15, 0.2) is 24.3 Å². The van der Waals surface area contributed by atoms with Gasteiger partial charge in [0.15, 0.2) is 6.54 Å². The first-order valence-electron chi connectivity index (χ1n) is 10.2. The van der Waals surface area contributed by atoms with Crippen LogP contribution in [0, 0.1) is 5.92 Å². The predicted octanol–water partition coefficient (Wildman–Crippen LogP) is 0.887. The number of rotatable bonds is 6. The Morgan fingerprint density at radius 2 is 1.61 bits per heavy atom. The monoisotopic (exact) mass is 401 g/mol. The van der Waals surface area contributed by atoms with E-state index in [0.29, 0.717) is 12.2 Å². The summed E-state index contributed by atoms with van der Waals surface area (Å²) in [6, 6.07) is 5.23. The fourth-order valence-electron chi connectivity index (χ4n) is 4.31. The number of amides is 1. The minimum absolute atomic E-state index is 0.116. The highest BCUT2D eigenvalue weighted by atomic mass is 19.4. The summed E-state index contributed by atoms with van der Waals surface area (Å²) < 4.78 is 40.4. The molecule has 0 atom stereocenters. The number of ether oxygens (including phenoxy) is 1. The van der Waals surface area contributed by atoms with E-state index in [1.165, 1.54) is 67.8 Å². The number of piperazine rings is 1. The van der Waals surface area contributed by atoms with Gasteiger partial charge < -0.3 is 19.9 Å². The van der Waals surface area contributed by atoms with Gasteiger partial charge in [-0.3, -0.25) is 4.79 Å². The van der Waals surface area contributed by atoms with Crippen molar-refractivity contribution in [3.63, 3.8) is 0 Å². The minimum Gasteiger partial charge on any atom is -0.406 e. The number of alkyl halides is 3. The molecule has 1 heterocycles. The summed E-state index contributed by atoms with van der Waals surface area (Å²) in [6.07, 6.45) is 2.16. The maximum absolute atomic E-state index is 12.2. The third-order valence-corrected chi connectivity index (χ3v) is 5.75. The molecule has 0 unspecified atom stereocenters. The highest BCUT2D eigenvalue weighted by Crippen LogP contribution is 2.24. The molecule has 2 aliphatic rings. The van der Waals surface area contributed by atoms with Gasteiger partial charge in [0, 0.05) is 11.6 Å². The predicted molar refractivity (Wildman–Crippen MR) is 99.5 cm³/mol. The molecule has 1 saturated heterocycles. The summed E-state index contributed by atoms with van der Waals surface area (Å²) in [5.41, 5.74) is 0.473. The van der Waals surface area contributed by atoms with E-state index in [2.05, 4.69) is 10.1 Å². The van der Waals surface area contributed by atoms with E-state index < -0.39 is 6.36 Å². The lowest BCUT2D eigenvalue weighted by Crippen LogP contribution is -3.28. The Morgan fingerprint density at radius 3 is 2.21 bits per heavy atom. The quantitative estimate of drug-likeness (QED) is 0.663. The van der Waals surface area contributed by atoms with E-state index >= 15 is 0 Å². The maximum Gasteiger partial charge on any atom is 0.573 e. The van der Waals surface area contributed by atoms with Crippen LogP contribution in [0.3, 0.4) is 0 Å². The van der Waals surface area contributed by atoms with Crippen LogP contribution < -0.4 is 19.9 Å². The zero-order valence-electron chi connectivity index (χ0n) is 16.1. The van der Waals surface area contributed by atoms with E-state index in [-0.39, 0.29) is 11.7 Å². The van der Waals surface area contributed by atoms with Crippen molar-refractivity contribution in [1.82, 2.24) is 0 Å². The van der Waals surface area contributed by atoms with Crippen LogP contribution in [0.1, 0.15) is 32.1 Å². The Kier molecular flexibility index (Phi) is 7.18. The summed E-state index contributed by atoms with van der Waals surface area (Å²) >= 11 is 0. The van der Waals surface area contributed by atoms with Crippen molar-refractivity contribution in [2.75, 3.05) is 44.6 Å². The molecule has 2 fully saturated rings. The number of nitrogens with one attached hydrogen (secondary N) is 3. The number of hydrogen-bond donors (Lipinski definition) is 3. The Morgan fingerprint density at radius 1 is 1.00 bits per heavy atom. The number of benzene rings is 1. The summed E-state index contributed by atoms with van der Waals surface area (Å²) in [5, 5.41) is 2.75. The molecule has 3 rings (SSSR count). The first-order chi connectivity index (χ1) is 13.4. The molecule has 156 valence electrons. The lowest BCUT2D eigenvalue weighted by molar-refractivity contribution is -1.01. The summed E-state index contributed by atoms with van der Waals surface area (Å²) in [6.45, 7) is 5.82. The molecule has 1 aromatic rings. The van der Waals surface area contributed by atoms with Crippen LogP contribution in [0.2, 0.25) is 0 Å². The Labute approximate surface area is 163 Å². The molecule has 0 aromatic heterocycles. The Bertz CT molecular complexity index is 623. The topological polar surface area (TPSA) is 47.2 Å². The van der Waals surface area contributed by atoms with Gasteiger partial charge in [-0.25, -0.2) is 0 Å². The van der Waals surface area contributed by atoms with Gasteiger partial charge in [-0.2, -0.15) is 0 Å². The molecule has 0 bridgehead atoms. The maximum atomic E-state index is 12.2. The molecule has 3 N–H and O–H groups in total. The highest BCUT2D eigenvalue weighted by molar-refractivity contribution is 5.91. The second-order valence-electron chi connectivity index (χ2n) is 8.01. The lowest BCUT2D eigenvalue weighted by atomic mass is 9.89. The number of anilines is 1. The second-order valence-corrected chi connectivity index (χ2v) is 8.01. The molecule has 8 heteroatoms. The van der Waals surface area contributed by atoms with Crippen molar-refractivity contribution in [3.05, 3.63) is 24.3 Å². The van der Waals surface area contributed by atoms with Crippen LogP contribution in [-0.4, -0.2) is 51.5 Å². The molecular formula is C20H30F3N3O2+2. The fraction of sp³-hybridized carbons (Fsp3) is 0.650. The molecule has 1 aliphatic heterocycles. The number of quaternary nitrogens is 2. The van der Waals surface area contributed by atoms with Gasteiger partial charge in [0.05, 0.1) is 6.54 Å². The van der Waals surface area contributed by atoms with Crippen molar-refractivity contribution in [3.8, 4) is 5.75 Å². The largest absolute Gasteiger partial charge is 0.573 e. The molecule has 1 aromatic carbocycles. The standard InChI is InChI=1S/C20H28F3N3O2/c21-20(22,23)28-18-8-6-17(7-9-18)24-19(27)15-26-12-10-25(11-13-26)14-16-4-2-1-3-5-16/h6-9,16H,1-5,10-15H2,(H,24,27)/p+2. The number of halogens is 3. The van der Waals surface area contributed by atoms with E-state index in [4.69, 9.17) is 0 Å². The van der Waals surface area contributed by atoms with E-state index in [0.717, 1.165) is 32.1 Å². The molecule has 1 aliphatic carbocycles. The normalized spacial score (nSPS) is 24.0. The molecule has 28 heavy (non-hydrogen) atoms. The average Bonchev–Trinajstić information content (AvgIpc) is 2.65. The number of hydrogen-bond acceptors (Lipinski definition) is 2. The van der Waals surface area contributed by atoms with Gasteiger partial charge in [-0.1, -0.05) is 19.3 Å². The average molecular weight is 401 g/mol. The van der Waals surface area contributed by atoms with Crippen molar-refractivity contribution in [2.45, 2.75) is 38.5 Å². The third kappa shape index (κ3) is 6.98. The van der Waals surface area contributed by atoms with Gasteiger partial charge in [0.25, 0.3) is 5.91 Å². The van der Waals surface area contributed by atoms with Gasteiger partial charge in [0.1, 0.15) is 31.9 Å². The number of carbonyl (C=O) groups excluding carboxylic acids is 1. The minimum atomic E-state index is -4.71. The van der Waals surface area contributed by atoms with E-state index in [1.807, 2.05) is 0 Å². The summed E-state index contributed by atoms with van der Waals surface area (Å²) in [4.78, 5) is 15.2. The van der Waals surface area contributed by atoms with E-state index in [9.17, 15) is 18.0 Å². The Hall–Kier alpha value is -1.80. The Balaban J connectivity index is 1.37. The molecule has 5 nitrogen and oxygen atoms in total. The van der Waals surface area contributed by atoms with Crippen molar-refractivity contribution < 1.29 is 32.5 Å². The first kappa shape index (κ1) is 20.9. The van der Waals surface area contributed by atoms with Crippen LogP contribution >= 0.6 is 0 Å². The van der Waals surface area contributed by atoms with Crippen molar-refractivity contribution >= 4 is 11.6 Å². The zero-order valence-corrected chi connectivity index (χ0v) is 16.1. The molecule has 1 saturated carbocycles. The van der Waals surface area contributed by atoms with Crippen molar-refractivity contribution in [1.29, 1.82) is 0 Å².